The molecule has 0 saturated carbocycles. The highest BCUT2D eigenvalue weighted by atomic mass is 16.5. The number of nitrogens with zero attached hydrogens (tertiary/aromatic N) is 1. The summed E-state index contributed by atoms with van der Waals surface area (Å²) in [5.74, 6) is 0.471. The normalized spacial score (nSPS) is 16.1. The van der Waals surface area contributed by atoms with Crippen LogP contribution in [0.15, 0.2) is 17.2 Å². The largest absolute Gasteiger partial charge is 0.486 e. The zero-order valence-electron chi connectivity index (χ0n) is 12.1. The molecule has 110 valence electrons. The summed E-state index contributed by atoms with van der Waals surface area (Å²) in [6, 6.07) is 1.62. The Balaban J connectivity index is 2.33. The van der Waals surface area contributed by atoms with E-state index >= 15 is 0 Å². The number of carbonyl (C=O) groups excluding carboxylic acids is 1. The van der Waals surface area contributed by atoms with E-state index in [0.29, 0.717) is 28.8 Å². The first-order valence-electron chi connectivity index (χ1n) is 6.78. The van der Waals surface area contributed by atoms with E-state index < -0.39 is 5.97 Å². The standard InChI is InChI=1S/C15H16N2O4/c1-8(18)20-11-6-10-12(14(19)17-7-16-10)13-9(11)4-5-15(2,3)21-13/h6-7H,4-5H2,1-3H3,(H,16,17,19). The molecule has 0 spiro atoms. The van der Waals surface area contributed by atoms with Gasteiger partial charge in [0.25, 0.3) is 5.56 Å². The summed E-state index contributed by atoms with van der Waals surface area (Å²) in [5.41, 5.74) is 0.558. The molecule has 0 radical (unpaired) electrons. The third-order valence-electron chi connectivity index (χ3n) is 3.56. The molecule has 0 aliphatic carbocycles. The van der Waals surface area contributed by atoms with Crippen molar-refractivity contribution < 1.29 is 14.3 Å². The molecule has 1 aromatic carbocycles. The number of ether oxygens (including phenoxy) is 2. The predicted octanol–water partition coefficient (Wildman–Crippen LogP) is 1.95. The summed E-state index contributed by atoms with van der Waals surface area (Å²) in [6.45, 7) is 5.27. The molecule has 0 amide bonds. The van der Waals surface area contributed by atoms with Crippen molar-refractivity contribution in [3.63, 3.8) is 0 Å². The second-order valence-corrected chi connectivity index (χ2v) is 5.76. The molecule has 21 heavy (non-hydrogen) atoms. The zero-order chi connectivity index (χ0) is 15.2. The van der Waals surface area contributed by atoms with E-state index in [-0.39, 0.29) is 11.2 Å². The number of aromatic amines is 1. The van der Waals surface area contributed by atoms with Crippen LogP contribution >= 0.6 is 0 Å². The van der Waals surface area contributed by atoms with Crippen LogP contribution in [0, 0.1) is 0 Å². The first-order valence-corrected chi connectivity index (χ1v) is 6.78. The fourth-order valence-electron chi connectivity index (χ4n) is 2.57. The molecule has 1 N–H and O–H groups in total. The number of rotatable bonds is 1. The van der Waals surface area contributed by atoms with Gasteiger partial charge in [0.1, 0.15) is 22.5 Å². The van der Waals surface area contributed by atoms with Gasteiger partial charge < -0.3 is 14.5 Å². The Labute approximate surface area is 121 Å². The molecule has 0 fully saturated rings. The third-order valence-corrected chi connectivity index (χ3v) is 3.56. The summed E-state index contributed by atoms with van der Waals surface area (Å²) >= 11 is 0. The second kappa shape index (κ2) is 4.58. The molecule has 6 heteroatoms. The lowest BCUT2D eigenvalue weighted by molar-refractivity contribution is -0.131. The maximum Gasteiger partial charge on any atom is 0.308 e. The Morgan fingerprint density at radius 3 is 2.95 bits per heavy atom. The average Bonchev–Trinajstić information content (AvgIpc) is 2.36. The van der Waals surface area contributed by atoms with Gasteiger partial charge in [0, 0.05) is 18.6 Å². The van der Waals surface area contributed by atoms with Crippen molar-refractivity contribution in [1.82, 2.24) is 9.97 Å². The second-order valence-electron chi connectivity index (χ2n) is 5.76. The van der Waals surface area contributed by atoms with Gasteiger partial charge >= 0.3 is 5.97 Å². The molecular weight excluding hydrogens is 272 g/mol. The minimum Gasteiger partial charge on any atom is -0.486 e. The molecule has 0 bridgehead atoms. The molecule has 6 nitrogen and oxygen atoms in total. The van der Waals surface area contributed by atoms with Crippen molar-refractivity contribution in [3.8, 4) is 11.5 Å². The van der Waals surface area contributed by atoms with Crippen LogP contribution < -0.4 is 15.0 Å². The topological polar surface area (TPSA) is 81.3 Å². The van der Waals surface area contributed by atoms with Crippen molar-refractivity contribution in [2.45, 2.75) is 39.2 Å². The number of H-pyrrole nitrogens is 1. The van der Waals surface area contributed by atoms with Crippen LogP contribution in [0.1, 0.15) is 32.8 Å². The SMILES string of the molecule is CC(=O)Oc1cc2nc[nH]c(=O)c2c2c1CCC(C)(C)O2. The minimum absolute atomic E-state index is 0.261. The third kappa shape index (κ3) is 2.37. The molecule has 3 rings (SSSR count). The number of hydrogen-bond acceptors (Lipinski definition) is 5. The molecule has 0 unspecified atom stereocenters. The van der Waals surface area contributed by atoms with Gasteiger partial charge in [-0.2, -0.15) is 0 Å². The van der Waals surface area contributed by atoms with Gasteiger partial charge in [-0.3, -0.25) is 9.59 Å². The number of hydrogen-bond donors (Lipinski definition) is 1. The lowest BCUT2D eigenvalue weighted by Gasteiger charge is -2.33. The zero-order valence-corrected chi connectivity index (χ0v) is 12.1. The fraction of sp³-hybridized carbons (Fsp3) is 0.400. The van der Waals surface area contributed by atoms with Crippen LogP contribution in [0.2, 0.25) is 0 Å². The summed E-state index contributed by atoms with van der Waals surface area (Å²) in [4.78, 5) is 30.1. The van der Waals surface area contributed by atoms with E-state index in [0.717, 1.165) is 12.0 Å². The Kier molecular flexibility index (Phi) is 2.97. The first-order chi connectivity index (χ1) is 9.87. The van der Waals surface area contributed by atoms with E-state index in [1.165, 1.54) is 13.3 Å². The summed E-state index contributed by atoms with van der Waals surface area (Å²) in [6.07, 6.45) is 2.77. The molecule has 2 aromatic rings. The first kappa shape index (κ1) is 13.6. The Morgan fingerprint density at radius 2 is 2.24 bits per heavy atom. The quantitative estimate of drug-likeness (QED) is 0.640. The lowest BCUT2D eigenvalue weighted by atomic mass is 9.92. The van der Waals surface area contributed by atoms with Crippen LogP contribution in [0.25, 0.3) is 10.9 Å². The van der Waals surface area contributed by atoms with Crippen LogP contribution in [0.5, 0.6) is 11.5 Å². The average molecular weight is 288 g/mol. The van der Waals surface area contributed by atoms with Gasteiger partial charge in [0.2, 0.25) is 0 Å². The summed E-state index contributed by atoms with van der Waals surface area (Å²) in [5, 5.41) is 0.399. The van der Waals surface area contributed by atoms with Gasteiger partial charge in [-0.15, -0.1) is 0 Å². The van der Waals surface area contributed by atoms with Crippen molar-refractivity contribution >= 4 is 16.9 Å². The van der Waals surface area contributed by atoms with E-state index in [4.69, 9.17) is 9.47 Å². The number of carbonyl (C=O) groups is 1. The molecule has 0 saturated heterocycles. The van der Waals surface area contributed by atoms with Crippen LogP contribution in [-0.4, -0.2) is 21.5 Å². The van der Waals surface area contributed by atoms with Gasteiger partial charge in [-0.05, 0) is 26.7 Å². The Morgan fingerprint density at radius 1 is 1.48 bits per heavy atom. The lowest BCUT2D eigenvalue weighted by Crippen LogP contribution is -2.33. The Hall–Kier alpha value is -2.37. The molecule has 1 aliphatic heterocycles. The van der Waals surface area contributed by atoms with E-state index in [1.54, 1.807) is 6.07 Å². The molecule has 1 aliphatic rings. The molecule has 2 heterocycles. The number of benzene rings is 1. The van der Waals surface area contributed by atoms with Crippen molar-refractivity contribution in [2.75, 3.05) is 0 Å². The van der Waals surface area contributed by atoms with Crippen molar-refractivity contribution in [1.29, 1.82) is 0 Å². The maximum atomic E-state index is 12.1. The van der Waals surface area contributed by atoms with Gasteiger partial charge in [-0.25, -0.2) is 4.98 Å². The van der Waals surface area contributed by atoms with Gasteiger partial charge in [-0.1, -0.05) is 0 Å². The number of esters is 1. The van der Waals surface area contributed by atoms with Crippen molar-refractivity contribution in [2.24, 2.45) is 0 Å². The minimum atomic E-state index is -0.411. The summed E-state index contributed by atoms with van der Waals surface area (Å²) in [7, 11) is 0. The van der Waals surface area contributed by atoms with E-state index in [9.17, 15) is 9.59 Å². The molecule has 1 aromatic heterocycles. The number of aromatic nitrogens is 2. The van der Waals surface area contributed by atoms with Crippen molar-refractivity contribution in [3.05, 3.63) is 28.3 Å². The predicted molar refractivity (Wildman–Crippen MR) is 76.7 cm³/mol. The fourth-order valence-corrected chi connectivity index (χ4v) is 2.57. The highest BCUT2D eigenvalue weighted by Gasteiger charge is 2.31. The molecular formula is C15H16N2O4. The van der Waals surface area contributed by atoms with Crippen LogP contribution in [0.3, 0.4) is 0 Å². The van der Waals surface area contributed by atoms with E-state index in [1.807, 2.05) is 13.8 Å². The van der Waals surface area contributed by atoms with E-state index in [2.05, 4.69) is 9.97 Å². The number of nitrogens with one attached hydrogen (secondary N) is 1. The monoisotopic (exact) mass is 288 g/mol. The maximum absolute atomic E-state index is 12.1. The smallest absolute Gasteiger partial charge is 0.308 e. The van der Waals surface area contributed by atoms with Gasteiger partial charge in [0.15, 0.2) is 0 Å². The molecule has 0 atom stereocenters. The number of fused-ring (bicyclic) bond motifs is 3. The van der Waals surface area contributed by atoms with Crippen LogP contribution in [-0.2, 0) is 11.2 Å². The highest BCUT2D eigenvalue weighted by molar-refractivity contribution is 5.89. The highest BCUT2D eigenvalue weighted by Crippen LogP contribution is 2.42. The summed E-state index contributed by atoms with van der Waals surface area (Å²) < 4.78 is 11.2. The van der Waals surface area contributed by atoms with Gasteiger partial charge in [0.05, 0.1) is 11.8 Å². The van der Waals surface area contributed by atoms with Crippen LogP contribution in [0.4, 0.5) is 0 Å². The Bertz CT molecular complexity index is 792.